The fourth-order valence-electron chi connectivity index (χ4n) is 3.03. The van der Waals surface area contributed by atoms with Gasteiger partial charge in [0.25, 0.3) is 0 Å². The van der Waals surface area contributed by atoms with Crippen LogP contribution in [0.3, 0.4) is 0 Å². The predicted octanol–water partition coefficient (Wildman–Crippen LogP) is 4.10. The van der Waals surface area contributed by atoms with Crippen molar-refractivity contribution in [3.63, 3.8) is 0 Å². The van der Waals surface area contributed by atoms with Crippen molar-refractivity contribution in [3.8, 4) is 0 Å². The van der Waals surface area contributed by atoms with Gasteiger partial charge in [-0.05, 0) is 56.5 Å². The largest absolute Gasteiger partial charge is 0.416 e. The highest BCUT2D eigenvalue weighted by atomic mass is 19.4. The lowest BCUT2D eigenvalue weighted by atomic mass is 10.0. The minimum Gasteiger partial charge on any atom is -0.353 e. The van der Waals surface area contributed by atoms with Crippen LogP contribution < -0.4 is 5.32 Å². The minimum atomic E-state index is -4.38. The van der Waals surface area contributed by atoms with Gasteiger partial charge in [0, 0.05) is 25.2 Å². The van der Waals surface area contributed by atoms with Gasteiger partial charge in [0.2, 0.25) is 5.91 Å². The van der Waals surface area contributed by atoms with Gasteiger partial charge in [-0.25, -0.2) is 0 Å². The summed E-state index contributed by atoms with van der Waals surface area (Å²) in [5.41, 5.74) is -0.363. The molecule has 138 valence electrons. The molecule has 3 nitrogen and oxygen atoms in total. The molecule has 6 heteroatoms. The summed E-state index contributed by atoms with van der Waals surface area (Å²) in [5.74, 6) is -0.288. The molecule has 0 radical (unpaired) electrons. The molecule has 1 aliphatic heterocycles. The quantitative estimate of drug-likeness (QED) is 0.616. The number of carbonyl (C=O) groups is 1. The normalized spacial score (nSPS) is 19.3. The van der Waals surface area contributed by atoms with E-state index in [-0.39, 0.29) is 5.91 Å². The van der Waals surface area contributed by atoms with Crippen LogP contribution >= 0.6 is 0 Å². The van der Waals surface area contributed by atoms with Gasteiger partial charge in [-0.1, -0.05) is 18.6 Å². The Labute approximate surface area is 146 Å². The molecule has 1 saturated heterocycles. The summed E-state index contributed by atoms with van der Waals surface area (Å²) in [5, 5.41) is 2.78. The number of likely N-dealkylation sites (tertiary alicyclic amines) is 1. The number of halogens is 3. The third-order valence-corrected chi connectivity index (χ3v) is 4.50. The van der Waals surface area contributed by atoms with E-state index in [9.17, 15) is 18.0 Å². The van der Waals surface area contributed by atoms with Gasteiger partial charge in [-0.15, -0.1) is 0 Å². The van der Waals surface area contributed by atoms with Crippen LogP contribution in [0.4, 0.5) is 13.2 Å². The van der Waals surface area contributed by atoms with Crippen molar-refractivity contribution in [1.29, 1.82) is 0 Å². The lowest BCUT2D eigenvalue weighted by Crippen LogP contribution is -2.39. The molecule has 1 fully saturated rings. The average molecular weight is 354 g/mol. The van der Waals surface area contributed by atoms with Gasteiger partial charge in [0.05, 0.1) is 5.56 Å². The first-order chi connectivity index (χ1) is 11.9. The van der Waals surface area contributed by atoms with Gasteiger partial charge in [-0.2, -0.15) is 13.2 Å². The number of nitrogens with one attached hydrogen (secondary N) is 1. The molecular weight excluding hydrogens is 329 g/mol. The Morgan fingerprint density at radius 1 is 1.36 bits per heavy atom. The molecule has 1 heterocycles. The number of nitrogens with zero attached hydrogens (tertiary/aromatic N) is 1. The number of amides is 1. The number of carbonyl (C=O) groups excluding carboxylic acids is 1. The summed E-state index contributed by atoms with van der Waals surface area (Å²) in [4.78, 5) is 14.2. The molecule has 0 unspecified atom stereocenters. The van der Waals surface area contributed by atoms with Gasteiger partial charge < -0.3 is 10.2 Å². The molecule has 1 N–H and O–H groups in total. The van der Waals surface area contributed by atoms with E-state index in [0.29, 0.717) is 18.2 Å². The van der Waals surface area contributed by atoms with Crippen LogP contribution in [0.2, 0.25) is 0 Å². The van der Waals surface area contributed by atoms with Crippen LogP contribution in [0, 0.1) is 0 Å². The first-order valence-corrected chi connectivity index (χ1v) is 8.73. The number of hydrogen-bond donors (Lipinski definition) is 1. The maximum atomic E-state index is 12.6. The Balaban J connectivity index is 1.74. The van der Waals surface area contributed by atoms with Crippen LogP contribution in [0.5, 0.6) is 0 Å². The fourth-order valence-corrected chi connectivity index (χ4v) is 3.03. The molecule has 1 aromatic rings. The van der Waals surface area contributed by atoms with E-state index in [1.165, 1.54) is 43.5 Å². The molecule has 1 aliphatic rings. The number of hydrogen-bond acceptors (Lipinski definition) is 2. The van der Waals surface area contributed by atoms with Crippen molar-refractivity contribution in [3.05, 3.63) is 41.5 Å². The highest BCUT2D eigenvalue weighted by molar-refractivity contribution is 5.91. The molecule has 1 aromatic carbocycles. The zero-order valence-electron chi connectivity index (χ0n) is 14.5. The molecule has 1 atom stereocenters. The topological polar surface area (TPSA) is 32.3 Å². The number of piperidine rings is 1. The SMILES string of the molecule is C[C@H]1CCCCN1CCCNC(=O)/C=C/c1cccc(C(F)(F)F)c1. The van der Waals surface area contributed by atoms with Crippen molar-refractivity contribution in [1.82, 2.24) is 10.2 Å². The van der Waals surface area contributed by atoms with Crippen LogP contribution in [0.15, 0.2) is 30.3 Å². The third kappa shape index (κ3) is 6.53. The molecule has 0 spiro atoms. The van der Waals surface area contributed by atoms with Crippen molar-refractivity contribution >= 4 is 12.0 Å². The lowest BCUT2D eigenvalue weighted by molar-refractivity contribution is -0.137. The lowest BCUT2D eigenvalue weighted by Gasteiger charge is -2.33. The highest BCUT2D eigenvalue weighted by Crippen LogP contribution is 2.29. The first kappa shape index (κ1) is 19.5. The summed E-state index contributed by atoms with van der Waals surface area (Å²) >= 11 is 0. The van der Waals surface area contributed by atoms with Crippen molar-refractivity contribution in [2.75, 3.05) is 19.6 Å². The summed E-state index contributed by atoms with van der Waals surface area (Å²) in [6.45, 7) is 4.87. The van der Waals surface area contributed by atoms with Crippen molar-refractivity contribution in [2.24, 2.45) is 0 Å². The van der Waals surface area contributed by atoms with Crippen LogP contribution in [0.1, 0.15) is 43.7 Å². The van der Waals surface area contributed by atoms with E-state index in [4.69, 9.17) is 0 Å². The Hall–Kier alpha value is -1.82. The van der Waals surface area contributed by atoms with Crippen LogP contribution in [-0.2, 0) is 11.0 Å². The standard InChI is InChI=1S/C19H25F3N2O/c1-15-6-2-3-12-24(15)13-5-11-23-18(25)10-9-16-7-4-8-17(14-16)19(20,21)22/h4,7-10,14-15H,2-3,5-6,11-13H2,1H3,(H,23,25)/b10-9+/t15-/m0/s1. The molecule has 2 rings (SSSR count). The summed E-state index contributed by atoms with van der Waals surface area (Å²) in [6, 6.07) is 5.52. The second-order valence-corrected chi connectivity index (χ2v) is 6.48. The number of benzene rings is 1. The monoisotopic (exact) mass is 354 g/mol. The van der Waals surface area contributed by atoms with E-state index >= 15 is 0 Å². The van der Waals surface area contributed by atoms with Gasteiger partial charge in [0.15, 0.2) is 0 Å². The third-order valence-electron chi connectivity index (χ3n) is 4.50. The van der Waals surface area contributed by atoms with E-state index in [2.05, 4.69) is 17.1 Å². The summed E-state index contributed by atoms with van der Waals surface area (Å²) in [7, 11) is 0. The molecule has 1 amide bonds. The Kier molecular flexibility index (Phi) is 7.05. The smallest absolute Gasteiger partial charge is 0.353 e. The molecule has 0 bridgehead atoms. The van der Waals surface area contributed by atoms with E-state index in [1.807, 2.05) is 0 Å². The average Bonchev–Trinajstić information content (AvgIpc) is 2.58. The van der Waals surface area contributed by atoms with E-state index < -0.39 is 11.7 Å². The Morgan fingerprint density at radius 2 is 2.16 bits per heavy atom. The van der Waals surface area contributed by atoms with E-state index in [1.54, 1.807) is 0 Å². The molecule has 0 saturated carbocycles. The van der Waals surface area contributed by atoms with Crippen LogP contribution in [-0.4, -0.2) is 36.5 Å². The van der Waals surface area contributed by atoms with Gasteiger partial charge in [-0.3, -0.25) is 4.79 Å². The van der Waals surface area contributed by atoms with Gasteiger partial charge in [0.1, 0.15) is 0 Å². The summed E-state index contributed by atoms with van der Waals surface area (Å²) in [6.07, 6.45) is 2.92. The molecule has 0 aliphatic carbocycles. The summed E-state index contributed by atoms with van der Waals surface area (Å²) < 4.78 is 37.9. The second-order valence-electron chi connectivity index (χ2n) is 6.48. The minimum absolute atomic E-state index is 0.288. The number of rotatable bonds is 6. The van der Waals surface area contributed by atoms with Crippen molar-refractivity contribution in [2.45, 2.75) is 44.8 Å². The zero-order chi connectivity index (χ0) is 18.3. The predicted molar refractivity (Wildman–Crippen MR) is 93.0 cm³/mol. The van der Waals surface area contributed by atoms with Crippen molar-refractivity contribution < 1.29 is 18.0 Å². The van der Waals surface area contributed by atoms with E-state index in [0.717, 1.165) is 31.6 Å². The zero-order valence-corrected chi connectivity index (χ0v) is 14.5. The van der Waals surface area contributed by atoms with Gasteiger partial charge >= 0.3 is 6.18 Å². The molecule has 25 heavy (non-hydrogen) atoms. The fraction of sp³-hybridized carbons (Fsp3) is 0.526. The maximum Gasteiger partial charge on any atom is 0.416 e. The highest BCUT2D eigenvalue weighted by Gasteiger charge is 2.30. The Bertz CT molecular complexity index is 599. The maximum absolute atomic E-state index is 12.6. The van der Waals surface area contributed by atoms with Crippen LogP contribution in [0.25, 0.3) is 6.08 Å². The molecule has 0 aromatic heterocycles. The Morgan fingerprint density at radius 3 is 2.88 bits per heavy atom. The number of alkyl halides is 3. The second kappa shape index (κ2) is 9.04. The molecular formula is C19H25F3N2O. The first-order valence-electron chi connectivity index (χ1n) is 8.73.